The molecule has 0 aliphatic carbocycles. The van der Waals surface area contributed by atoms with E-state index in [-0.39, 0.29) is 0 Å². The zero-order valence-corrected chi connectivity index (χ0v) is 10.4. The van der Waals surface area contributed by atoms with Gasteiger partial charge in [0.15, 0.2) is 0 Å². The van der Waals surface area contributed by atoms with Crippen molar-refractivity contribution in [3.8, 4) is 0 Å². The number of allylic oxidation sites excluding steroid dienone is 2. The third kappa shape index (κ3) is 5.21. The van der Waals surface area contributed by atoms with Gasteiger partial charge in [-0.15, -0.1) is 0 Å². The van der Waals surface area contributed by atoms with E-state index in [9.17, 15) is 0 Å². The number of unbranched alkanes of at least 4 members (excludes halogenated alkanes) is 1. The lowest BCUT2D eigenvalue weighted by Crippen LogP contribution is -2.00. The summed E-state index contributed by atoms with van der Waals surface area (Å²) in [6.45, 7) is 10.9. The van der Waals surface area contributed by atoms with Gasteiger partial charge >= 0.3 is 0 Å². The fraction of sp³-hybridized carbons (Fsp3) is 0.769. The molecule has 0 amide bonds. The van der Waals surface area contributed by atoms with Crippen LogP contribution >= 0.6 is 0 Å². The molecule has 0 bridgehead atoms. The topological polar surface area (TPSA) is 12.4 Å². The van der Waals surface area contributed by atoms with Gasteiger partial charge in [-0.05, 0) is 32.1 Å². The molecule has 0 atom stereocenters. The van der Waals surface area contributed by atoms with Crippen LogP contribution in [-0.2, 0) is 0 Å². The molecule has 0 rings (SSSR count). The molecule has 0 N–H and O–H groups in total. The molecule has 0 radical (unpaired) electrons. The lowest BCUT2D eigenvalue weighted by Gasteiger charge is -2.08. The van der Waals surface area contributed by atoms with Gasteiger partial charge in [0.25, 0.3) is 0 Å². The normalized spacial score (nSPS) is 13.9. The summed E-state index contributed by atoms with van der Waals surface area (Å²) in [5, 5.41) is 0. The van der Waals surface area contributed by atoms with Crippen molar-refractivity contribution >= 4 is 5.71 Å². The number of aliphatic imine (C=N–C) groups is 1. The SMILES string of the molecule is C/C=C(\N=C(\CC)CCCC)C(C)C. The lowest BCUT2D eigenvalue weighted by molar-refractivity contribution is 0.749. The highest BCUT2D eigenvalue weighted by Crippen LogP contribution is 2.13. The largest absolute Gasteiger partial charge is 0.262 e. The van der Waals surface area contributed by atoms with E-state index in [1.807, 2.05) is 0 Å². The Hall–Kier alpha value is -0.590. The Balaban J connectivity index is 4.40. The Morgan fingerprint density at radius 1 is 1.29 bits per heavy atom. The van der Waals surface area contributed by atoms with Crippen LogP contribution in [0, 0.1) is 5.92 Å². The molecule has 0 heterocycles. The Bertz CT molecular complexity index is 199. The molecule has 0 saturated carbocycles. The zero-order chi connectivity index (χ0) is 11.0. The average molecular weight is 195 g/mol. The fourth-order valence-electron chi connectivity index (χ4n) is 1.40. The summed E-state index contributed by atoms with van der Waals surface area (Å²) in [7, 11) is 0. The van der Waals surface area contributed by atoms with Gasteiger partial charge in [0.05, 0.1) is 0 Å². The van der Waals surface area contributed by atoms with Gasteiger partial charge in [-0.2, -0.15) is 0 Å². The second-order valence-electron chi connectivity index (χ2n) is 4.00. The van der Waals surface area contributed by atoms with E-state index < -0.39 is 0 Å². The Kier molecular flexibility index (Phi) is 7.45. The quantitative estimate of drug-likeness (QED) is 0.550. The van der Waals surface area contributed by atoms with Crippen molar-refractivity contribution in [3.05, 3.63) is 11.8 Å². The molecule has 0 spiro atoms. The zero-order valence-electron chi connectivity index (χ0n) is 10.4. The lowest BCUT2D eigenvalue weighted by atomic mass is 10.1. The molecule has 0 aliphatic heterocycles. The molecule has 82 valence electrons. The first-order chi connectivity index (χ1) is 6.65. The molecule has 0 aliphatic rings. The van der Waals surface area contributed by atoms with E-state index in [2.05, 4.69) is 40.7 Å². The van der Waals surface area contributed by atoms with Crippen LogP contribution in [0.5, 0.6) is 0 Å². The predicted octanol–water partition coefficient (Wildman–Crippen LogP) is 4.59. The van der Waals surface area contributed by atoms with Crippen molar-refractivity contribution in [2.45, 2.75) is 60.3 Å². The van der Waals surface area contributed by atoms with Crippen LogP contribution in [0.2, 0.25) is 0 Å². The third-order valence-corrected chi connectivity index (χ3v) is 2.40. The van der Waals surface area contributed by atoms with Gasteiger partial charge in [-0.1, -0.05) is 40.2 Å². The van der Waals surface area contributed by atoms with Crippen LogP contribution in [-0.4, -0.2) is 5.71 Å². The molecule has 1 heteroatoms. The highest BCUT2D eigenvalue weighted by Gasteiger charge is 2.02. The van der Waals surface area contributed by atoms with Gasteiger partial charge in [0, 0.05) is 11.4 Å². The summed E-state index contributed by atoms with van der Waals surface area (Å²) < 4.78 is 0. The van der Waals surface area contributed by atoms with E-state index in [1.54, 1.807) is 0 Å². The van der Waals surface area contributed by atoms with E-state index in [1.165, 1.54) is 24.3 Å². The maximum atomic E-state index is 4.73. The first-order valence-electron chi connectivity index (χ1n) is 5.88. The first-order valence-corrected chi connectivity index (χ1v) is 5.88. The average Bonchev–Trinajstić information content (AvgIpc) is 2.18. The van der Waals surface area contributed by atoms with Gasteiger partial charge < -0.3 is 0 Å². The second kappa shape index (κ2) is 7.78. The van der Waals surface area contributed by atoms with Crippen LogP contribution < -0.4 is 0 Å². The number of nitrogens with zero attached hydrogens (tertiary/aromatic N) is 1. The molecule has 1 nitrogen and oxygen atoms in total. The van der Waals surface area contributed by atoms with Crippen molar-refractivity contribution in [2.75, 3.05) is 0 Å². The second-order valence-corrected chi connectivity index (χ2v) is 4.00. The summed E-state index contributed by atoms with van der Waals surface area (Å²) >= 11 is 0. The Morgan fingerprint density at radius 3 is 2.29 bits per heavy atom. The van der Waals surface area contributed by atoms with Crippen LogP contribution in [0.4, 0.5) is 0 Å². The highest BCUT2D eigenvalue weighted by atomic mass is 14.8. The van der Waals surface area contributed by atoms with Crippen LogP contribution in [0.25, 0.3) is 0 Å². The predicted molar refractivity (Wildman–Crippen MR) is 65.8 cm³/mol. The summed E-state index contributed by atoms with van der Waals surface area (Å²) in [5.74, 6) is 0.545. The van der Waals surface area contributed by atoms with Crippen molar-refractivity contribution in [1.82, 2.24) is 0 Å². The van der Waals surface area contributed by atoms with E-state index >= 15 is 0 Å². The maximum Gasteiger partial charge on any atom is 0.0385 e. The molecule has 0 saturated heterocycles. The molecular formula is C13H25N. The highest BCUT2D eigenvalue weighted by molar-refractivity contribution is 5.85. The minimum Gasteiger partial charge on any atom is -0.262 e. The van der Waals surface area contributed by atoms with Crippen molar-refractivity contribution in [2.24, 2.45) is 10.9 Å². The third-order valence-electron chi connectivity index (χ3n) is 2.40. The first kappa shape index (κ1) is 13.4. The number of hydrogen-bond acceptors (Lipinski definition) is 1. The standard InChI is InChI=1S/C13H25N/c1-6-9-10-12(7-2)14-13(8-3)11(4)5/h8,11H,6-7,9-10H2,1-5H3/b13-8-,14-12-. The molecule has 0 aromatic rings. The van der Waals surface area contributed by atoms with Gasteiger partial charge in [-0.25, -0.2) is 0 Å². The molecule has 14 heavy (non-hydrogen) atoms. The summed E-state index contributed by atoms with van der Waals surface area (Å²) in [5.41, 5.74) is 2.59. The number of rotatable bonds is 6. The van der Waals surface area contributed by atoms with E-state index in [0.717, 1.165) is 12.8 Å². The fourth-order valence-corrected chi connectivity index (χ4v) is 1.40. The Morgan fingerprint density at radius 2 is 1.93 bits per heavy atom. The minimum atomic E-state index is 0.545. The van der Waals surface area contributed by atoms with Crippen molar-refractivity contribution < 1.29 is 0 Å². The summed E-state index contributed by atoms with van der Waals surface area (Å²) in [6.07, 6.45) is 6.90. The monoisotopic (exact) mass is 195 g/mol. The minimum absolute atomic E-state index is 0.545. The van der Waals surface area contributed by atoms with E-state index in [4.69, 9.17) is 4.99 Å². The molecule has 0 unspecified atom stereocenters. The van der Waals surface area contributed by atoms with Crippen LogP contribution in [0.15, 0.2) is 16.8 Å². The maximum absolute atomic E-state index is 4.73. The Labute approximate surface area is 89.3 Å². The number of hydrogen-bond donors (Lipinski definition) is 0. The molecular weight excluding hydrogens is 170 g/mol. The molecule has 0 aromatic carbocycles. The van der Waals surface area contributed by atoms with Crippen molar-refractivity contribution in [3.63, 3.8) is 0 Å². The summed E-state index contributed by atoms with van der Waals surface area (Å²) in [6, 6.07) is 0. The van der Waals surface area contributed by atoms with Crippen LogP contribution in [0.1, 0.15) is 60.3 Å². The van der Waals surface area contributed by atoms with E-state index in [0.29, 0.717) is 5.92 Å². The smallest absolute Gasteiger partial charge is 0.0385 e. The molecule has 0 aromatic heterocycles. The molecule has 0 fully saturated rings. The van der Waals surface area contributed by atoms with Crippen LogP contribution in [0.3, 0.4) is 0 Å². The van der Waals surface area contributed by atoms with Gasteiger partial charge in [0.2, 0.25) is 0 Å². The summed E-state index contributed by atoms with van der Waals surface area (Å²) in [4.78, 5) is 4.73. The van der Waals surface area contributed by atoms with Crippen molar-refractivity contribution in [1.29, 1.82) is 0 Å². The van der Waals surface area contributed by atoms with Gasteiger partial charge in [0.1, 0.15) is 0 Å². The van der Waals surface area contributed by atoms with Gasteiger partial charge in [-0.3, -0.25) is 4.99 Å².